The largest absolute Gasteiger partial charge is 0.467 e. The van der Waals surface area contributed by atoms with E-state index in [0.717, 1.165) is 38.5 Å². The number of piperazine rings is 1. The molecule has 0 N–H and O–H groups in total. The minimum absolute atomic E-state index is 0.135. The second-order valence-electron chi connectivity index (χ2n) is 6.14. The number of hydrogen-bond donors (Lipinski definition) is 0. The van der Waals surface area contributed by atoms with Crippen LogP contribution in [0.2, 0.25) is 0 Å². The number of nitrogens with zero attached hydrogens (tertiary/aromatic N) is 4. The van der Waals surface area contributed by atoms with E-state index in [4.69, 9.17) is 4.42 Å². The molecule has 0 saturated carbocycles. The van der Waals surface area contributed by atoms with E-state index in [1.54, 1.807) is 11.2 Å². The lowest BCUT2D eigenvalue weighted by Gasteiger charge is -2.35. The number of carbonyl (C=O) groups is 1. The molecule has 0 aromatic carbocycles. The Labute approximate surface area is 141 Å². The fourth-order valence-electron chi connectivity index (χ4n) is 2.77. The van der Waals surface area contributed by atoms with E-state index in [2.05, 4.69) is 21.7 Å². The van der Waals surface area contributed by atoms with E-state index >= 15 is 0 Å². The maximum atomic E-state index is 12.3. The zero-order valence-electron chi connectivity index (χ0n) is 13.8. The van der Waals surface area contributed by atoms with Crippen LogP contribution in [0.25, 0.3) is 0 Å². The van der Waals surface area contributed by atoms with Gasteiger partial charge in [-0.25, -0.2) is 0 Å². The van der Waals surface area contributed by atoms with Crippen molar-refractivity contribution in [3.05, 3.63) is 24.2 Å². The maximum absolute atomic E-state index is 12.3. The summed E-state index contributed by atoms with van der Waals surface area (Å²) in [5.74, 6) is 0.951. The summed E-state index contributed by atoms with van der Waals surface area (Å²) < 4.78 is 5.29. The molecule has 1 saturated heterocycles. The zero-order chi connectivity index (χ0) is 16.2. The smallest absolute Gasteiger partial charge is 0.236 e. The second-order valence-corrected chi connectivity index (χ2v) is 7.55. The Morgan fingerprint density at radius 1 is 1.43 bits per heavy atom. The molecule has 23 heavy (non-hydrogen) atoms. The molecule has 3 heterocycles. The molecule has 2 aliphatic rings. The predicted octanol–water partition coefficient (Wildman–Crippen LogP) is 1.35. The van der Waals surface area contributed by atoms with Crippen LogP contribution in [0.1, 0.15) is 12.7 Å². The van der Waals surface area contributed by atoms with Gasteiger partial charge in [0.05, 0.1) is 25.9 Å². The Balaban J connectivity index is 1.42. The summed E-state index contributed by atoms with van der Waals surface area (Å²) in [6, 6.07) is 3.74. The molecule has 0 unspecified atom stereocenters. The van der Waals surface area contributed by atoms with Crippen LogP contribution >= 0.6 is 11.8 Å². The molecule has 3 rings (SSSR count). The average molecular weight is 336 g/mol. The molecule has 1 atom stereocenters. The van der Waals surface area contributed by atoms with E-state index in [0.29, 0.717) is 18.3 Å². The number of likely N-dealkylation sites (N-methyl/N-ethyl adjacent to an activating group) is 1. The molecular weight excluding hydrogens is 312 g/mol. The van der Waals surface area contributed by atoms with Gasteiger partial charge in [-0.1, -0.05) is 18.7 Å². The quantitative estimate of drug-likeness (QED) is 0.831. The highest BCUT2D eigenvalue weighted by Gasteiger charge is 2.26. The Bertz CT molecular complexity index is 552. The van der Waals surface area contributed by atoms with Crippen LogP contribution in [0, 0.1) is 0 Å². The van der Waals surface area contributed by atoms with Crippen molar-refractivity contribution < 1.29 is 9.21 Å². The molecule has 0 bridgehead atoms. The molecule has 0 spiro atoms. The van der Waals surface area contributed by atoms with Crippen molar-refractivity contribution in [2.75, 3.05) is 46.3 Å². The number of thioether (sulfide) groups is 1. The van der Waals surface area contributed by atoms with Crippen molar-refractivity contribution in [3.63, 3.8) is 0 Å². The first-order valence-electron chi connectivity index (χ1n) is 8.06. The van der Waals surface area contributed by atoms with Gasteiger partial charge in [0, 0.05) is 38.5 Å². The number of carbonyl (C=O) groups excluding carboxylic acids is 1. The van der Waals surface area contributed by atoms with Crippen molar-refractivity contribution in [1.82, 2.24) is 14.7 Å². The molecule has 126 valence electrons. The number of amides is 1. The third-order valence-electron chi connectivity index (χ3n) is 4.19. The normalized spacial score (nSPS) is 22.3. The molecule has 6 nitrogen and oxygen atoms in total. The Morgan fingerprint density at radius 3 is 2.83 bits per heavy atom. The van der Waals surface area contributed by atoms with E-state index in [-0.39, 0.29) is 5.91 Å². The van der Waals surface area contributed by atoms with Gasteiger partial charge >= 0.3 is 0 Å². The fraction of sp³-hybridized carbons (Fsp3) is 0.625. The number of rotatable bonds is 4. The molecule has 2 aliphatic heterocycles. The summed E-state index contributed by atoms with van der Waals surface area (Å²) >= 11 is 1.87. The van der Waals surface area contributed by atoms with Crippen LogP contribution in [-0.4, -0.2) is 77.3 Å². The second kappa shape index (κ2) is 7.40. The van der Waals surface area contributed by atoms with Crippen molar-refractivity contribution >= 4 is 22.8 Å². The van der Waals surface area contributed by atoms with Crippen molar-refractivity contribution in [3.8, 4) is 0 Å². The molecule has 1 aromatic rings. The summed E-state index contributed by atoms with van der Waals surface area (Å²) in [6.45, 7) is 7.86. The number of hydrogen-bond acceptors (Lipinski definition) is 6. The Hall–Kier alpha value is -1.47. The number of furan rings is 1. The lowest BCUT2D eigenvalue weighted by molar-refractivity contribution is -0.132. The summed E-state index contributed by atoms with van der Waals surface area (Å²) in [6.07, 6.45) is 1.64. The lowest BCUT2D eigenvalue weighted by Crippen LogP contribution is -2.50. The summed E-state index contributed by atoms with van der Waals surface area (Å²) in [4.78, 5) is 23.2. The van der Waals surface area contributed by atoms with Crippen molar-refractivity contribution in [1.29, 1.82) is 0 Å². The first-order valence-corrected chi connectivity index (χ1v) is 8.94. The topological polar surface area (TPSA) is 52.3 Å². The van der Waals surface area contributed by atoms with E-state index in [1.165, 1.54) is 5.17 Å². The highest BCUT2D eigenvalue weighted by atomic mass is 32.2. The van der Waals surface area contributed by atoms with Gasteiger partial charge in [0.15, 0.2) is 5.17 Å². The fourth-order valence-corrected chi connectivity index (χ4v) is 3.76. The van der Waals surface area contributed by atoms with Gasteiger partial charge in [0.2, 0.25) is 5.91 Å². The monoisotopic (exact) mass is 336 g/mol. The average Bonchev–Trinajstić information content (AvgIpc) is 3.19. The molecule has 1 aromatic heterocycles. The van der Waals surface area contributed by atoms with Crippen molar-refractivity contribution in [2.45, 2.75) is 18.7 Å². The third kappa shape index (κ3) is 4.29. The summed E-state index contributed by atoms with van der Waals surface area (Å²) in [7, 11) is 1.83. The SMILES string of the molecule is C[C@H]1CN=C(N2CCN(CC(=O)N(C)Cc3ccco3)CC2)S1. The van der Waals surface area contributed by atoms with Gasteiger partial charge in [-0.3, -0.25) is 14.7 Å². The van der Waals surface area contributed by atoms with Crippen LogP contribution in [0.3, 0.4) is 0 Å². The first kappa shape index (κ1) is 16.4. The lowest BCUT2D eigenvalue weighted by atomic mass is 10.3. The van der Waals surface area contributed by atoms with Gasteiger partial charge in [-0.15, -0.1) is 0 Å². The van der Waals surface area contributed by atoms with Crippen LogP contribution in [0.15, 0.2) is 27.8 Å². The van der Waals surface area contributed by atoms with Crippen LogP contribution in [-0.2, 0) is 11.3 Å². The van der Waals surface area contributed by atoms with Crippen LogP contribution in [0.4, 0.5) is 0 Å². The van der Waals surface area contributed by atoms with Gasteiger partial charge in [0.25, 0.3) is 0 Å². The third-order valence-corrected chi connectivity index (χ3v) is 5.34. The highest BCUT2D eigenvalue weighted by molar-refractivity contribution is 8.14. The number of aliphatic imine (C=N–C) groups is 1. The standard InChI is InChI=1S/C16H24N4O2S/c1-13-10-17-16(23-13)20-7-5-19(6-8-20)12-15(21)18(2)11-14-4-3-9-22-14/h3-4,9,13H,5-8,10-12H2,1-2H3/t13-/m0/s1. The highest BCUT2D eigenvalue weighted by Crippen LogP contribution is 2.23. The molecular formula is C16H24N4O2S. The molecule has 0 radical (unpaired) electrons. The van der Waals surface area contributed by atoms with E-state index < -0.39 is 0 Å². The zero-order valence-corrected chi connectivity index (χ0v) is 14.6. The predicted molar refractivity (Wildman–Crippen MR) is 92.6 cm³/mol. The molecule has 7 heteroatoms. The summed E-state index contributed by atoms with van der Waals surface area (Å²) in [5.41, 5.74) is 0. The van der Waals surface area contributed by atoms with Gasteiger partial charge in [-0.05, 0) is 12.1 Å². The minimum atomic E-state index is 0.135. The summed E-state index contributed by atoms with van der Waals surface area (Å²) in [5, 5.41) is 1.78. The molecule has 1 amide bonds. The van der Waals surface area contributed by atoms with Gasteiger partial charge in [0.1, 0.15) is 5.76 Å². The van der Waals surface area contributed by atoms with E-state index in [9.17, 15) is 4.79 Å². The van der Waals surface area contributed by atoms with E-state index in [1.807, 2.05) is 30.9 Å². The van der Waals surface area contributed by atoms with Crippen LogP contribution in [0.5, 0.6) is 0 Å². The van der Waals surface area contributed by atoms with Gasteiger partial charge in [-0.2, -0.15) is 0 Å². The Morgan fingerprint density at radius 2 is 2.22 bits per heavy atom. The minimum Gasteiger partial charge on any atom is -0.467 e. The van der Waals surface area contributed by atoms with Crippen molar-refractivity contribution in [2.24, 2.45) is 4.99 Å². The molecule has 1 fully saturated rings. The van der Waals surface area contributed by atoms with Crippen LogP contribution < -0.4 is 0 Å². The number of amidine groups is 1. The van der Waals surface area contributed by atoms with Gasteiger partial charge < -0.3 is 14.2 Å². The maximum Gasteiger partial charge on any atom is 0.236 e. The Kier molecular flexibility index (Phi) is 5.27. The first-order chi connectivity index (χ1) is 11.1. The molecule has 0 aliphatic carbocycles.